The van der Waals surface area contributed by atoms with E-state index < -0.39 is 14.4 Å². The molecule has 222 valence electrons. The fourth-order valence-corrected chi connectivity index (χ4v) is 13.3. The van der Waals surface area contributed by atoms with Gasteiger partial charge in [0.25, 0.3) is 0 Å². The summed E-state index contributed by atoms with van der Waals surface area (Å²) in [6.45, 7) is 15.9. The molecule has 0 radical (unpaired) electrons. The van der Waals surface area contributed by atoms with Crippen LogP contribution in [0.4, 0.5) is 5.82 Å². The second-order valence-electron chi connectivity index (χ2n) is 12.3. The van der Waals surface area contributed by atoms with Crippen molar-refractivity contribution in [1.29, 1.82) is 0 Å². The molecule has 4 atom stereocenters. The minimum atomic E-state index is -2.31. The fourth-order valence-electron chi connectivity index (χ4n) is 6.73. The first-order valence-electron chi connectivity index (χ1n) is 14.6. The van der Waals surface area contributed by atoms with E-state index in [1.165, 1.54) is 17.7 Å². The van der Waals surface area contributed by atoms with E-state index in [1.807, 2.05) is 23.6 Å². The lowest BCUT2D eigenvalue weighted by Crippen LogP contribution is -2.48. The molecule has 3 aromatic heterocycles. The van der Waals surface area contributed by atoms with E-state index in [9.17, 15) is 9.90 Å². The van der Waals surface area contributed by atoms with Crippen molar-refractivity contribution in [1.82, 2.24) is 15.0 Å². The number of anilines is 1. The molecule has 1 aliphatic rings. The van der Waals surface area contributed by atoms with Crippen molar-refractivity contribution < 1.29 is 14.3 Å². The Bertz CT molecular complexity index is 1310. The number of thiophene rings is 1. The number of pyridine rings is 1. The Labute approximate surface area is 254 Å². The Morgan fingerprint density at radius 2 is 1.88 bits per heavy atom. The molecular weight excluding hydrogens is 572 g/mol. The van der Waals surface area contributed by atoms with Gasteiger partial charge in [0.2, 0.25) is 14.1 Å². The Morgan fingerprint density at radius 3 is 2.49 bits per heavy atom. The van der Waals surface area contributed by atoms with Crippen molar-refractivity contribution in [3.63, 3.8) is 0 Å². The lowest BCUT2D eigenvalue weighted by atomic mass is 10.00. The topological polar surface area (TPSA) is 97.2 Å². The molecule has 3 heterocycles. The highest BCUT2D eigenvalue weighted by Gasteiger charge is 2.47. The summed E-state index contributed by atoms with van der Waals surface area (Å²) >= 11 is 7.74. The molecule has 2 N–H and O–H groups in total. The molecule has 0 amide bonds. The summed E-state index contributed by atoms with van der Waals surface area (Å²) in [5.74, 6) is 1.06. The van der Waals surface area contributed by atoms with Crippen LogP contribution in [0, 0.1) is 11.8 Å². The molecule has 10 heteroatoms. The van der Waals surface area contributed by atoms with E-state index in [0.717, 1.165) is 24.1 Å². The van der Waals surface area contributed by atoms with Crippen LogP contribution < -0.4 is 5.32 Å². The molecule has 1 unspecified atom stereocenters. The number of carbonyl (C=O) groups is 1. The summed E-state index contributed by atoms with van der Waals surface area (Å²) in [4.78, 5) is 27.7. The van der Waals surface area contributed by atoms with E-state index in [0.29, 0.717) is 44.0 Å². The zero-order valence-electron chi connectivity index (χ0n) is 25.1. The molecular formula is C31H43ClN4O3SSi. The number of nitrogens with one attached hydrogen (secondary N) is 1. The van der Waals surface area contributed by atoms with Gasteiger partial charge in [-0.3, -0.25) is 4.79 Å². The summed E-state index contributed by atoms with van der Waals surface area (Å²) in [5.41, 5.74) is 3.21. The predicted octanol–water partition coefficient (Wildman–Crippen LogP) is 7.92. The SMILES string of the molecule is CC(C)[Si](OC(c1csc(C(=O)c2cncnc2N[C@@H]2C[C@H](CO)[C@@H](C)C2)c1)c1cccc(Cl)n1)(C(C)C)C(C)C. The van der Waals surface area contributed by atoms with Gasteiger partial charge in [-0.2, -0.15) is 0 Å². The second-order valence-corrected chi connectivity index (χ2v) is 19.0. The maximum absolute atomic E-state index is 13.8. The Morgan fingerprint density at radius 1 is 1.17 bits per heavy atom. The zero-order chi connectivity index (χ0) is 29.9. The summed E-state index contributed by atoms with van der Waals surface area (Å²) < 4.78 is 7.25. The number of rotatable bonds is 12. The van der Waals surface area contributed by atoms with Gasteiger partial charge in [0, 0.05) is 18.8 Å². The molecule has 0 spiro atoms. The molecule has 7 nitrogen and oxygen atoms in total. The summed E-state index contributed by atoms with van der Waals surface area (Å²) in [6.07, 6.45) is 4.37. The third kappa shape index (κ3) is 6.75. The van der Waals surface area contributed by atoms with Gasteiger partial charge in [-0.05, 0) is 70.4 Å². The Kier molecular flexibility index (Phi) is 10.4. The molecule has 4 rings (SSSR count). The van der Waals surface area contributed by atoms with Crippen LogP contribution in [0.1, 0.15) is 93.9 Å². The minimum Gasteiger partial charge on any atom is -0.403 e. The minimum absolute atomic E-state index is 0.132. The van der Waals surface area contributed by atoms with Crippen LogP contribution in [0.3, 0.4) is 0 Å². The number of hydrogen-bond donors (Lipinski definition) is 2. The van der Waals surface area contributed by atoms with Crippen molar-refractivity contribution in [2.45, 2.75) is 90.1 Å². The predicted molar refractivity (Wildman–Crippen MR) is 169 cm³/mol. The molecule has 0 saturated heterocycles. The highest BCUT2D eigenvalue weighted by Crippen LogP contribution is 2.47. The Balaban J connectivity index is 1.68. The van der Waals surface area contributed by atoms with Crippen LogP contribution in [0.15, 0.2) is 42.2 Å². The highest BCUT2D eigenvalue weighted by atomic mass is 35.5. The van der Waals surface area contributed by atoms with Crippen molar-refractivity contribution >= 4 is 42.9 Å². The van der Waals surface area contributed by atoms with E-state index in [2.05, 4.69) is 68.7 Å². The van der Waals surface area contributed by atoms with Gasteiger partial charge in [0.15, 0.2) is 0 Å². The van der Waals surface area contributed by atoms with Crippen molar-refractivity contribution in [3.05, 3.63) is 69.0 Å². The molecule has 0 bridgehead atoms. The summed E-state index contributed by atoms with van der Waals surface area (Å²) in [7, 11) is -2.31. The van der Waals surface area contributed by atoms with Crippen LogP contribution >= 0.6 is 22.9 Å². The molecule has 41 heavy (non-hydrogen) atoms. The first kappa shape index (κ1) is 31.8. The number of nitrogens with zero attached hydrogens (tertiary/aromatic N) is 3. The van der Waals surface area contributed by atoms with Crippen molar-refractivity contribution in [2.24, 2.45) is 11.8 Å². The fraction of sp³-hybridized carbons (Fsp3) is 0.548. The highest BCUT2D eigenvalue weighted by molar-refractivity contribution is 7.12. The zero-order valence-corrected chi connectivity index (χ0v) is 27.7. The smallest absolute Gasteiger partial charge is 0.208 e. The van der Waals surface area contributed by atoms with Gasteiger partial charge >= 0.3 is 0 Å². The standard InChI is InChI=1S/C31H43ClN4O3SSi/c1-18(2)41(19(3)4,20(5)6)39-30(26-9-8-10-28(32)36-26)23-13-27(40-16-23)29(38)25-14-33-17-34-31(25)35-24-11-21(7)22(12-24)15-37/h8-10,13-14,16-22,24,30,37H,11-12,15H2,1-7H3,(H,33,34,35)/t21-,22+,24-,30?/m0/s1. The summed E-state index contributed by atoms with van der Waals surface area (Å²) in [5, 5.41) is 15.6. The molecule has 1 aliphatic carbocycles. The lowest BCUT2D eigenvalue weighted by Gasteiger charge is -2.44. The average Bonchev–Trinajstić information content (AvgIpc) is 3.55. The molecule has 0 aromatic carbocycles. The maximum Gasteiger partial charge on any atom is 0.208 e. The normalized spacial score (nSPS) is 20.2. The van der Waals surface area contributed by atoms with Crippen molar-refractivity contribution in [3.8, 4) is 0 Å². The van der Waals surface area contributed by atoms with E-state index >= 15 is 0 Å². The molecule has 1 fully saturated rings. The summed E-state index contributed by atoms with van der Waals surface area (Å²) in [6, 6.07) is 7.69. The molecule has 0 aliphatic heterocycles. The third-order valence-corrected chi connectivity index (χ3v) is 16.0. The maximum atomic E-state index is 13.8. The van der Waals surface area contributed by atoms with Crippen LogP contribution in [0.5, 0.6) is 0 Å². The number of aliphatic hydroxyl groups is 1. The van der Waals surface area contributed by atoms with Crippen LogP contribution in [-0.4, -0.2) is 46.8 Å². The van der Waals surface area contributed by atoms with Gasteiger partial charge in [-0.1, -0.05) is 66.1 Å². The monoisotopic (exact) mass is 614 g/mol. The average molecular weight is 615 g/mol. The second kappa shape index (κ2) is 13.4. The van der Waals surface area contributed by atoms with Gasteiger partial charge < -0.3 is 14.8 Å². The van der Waals surface area contributed by atoms with Crippen molar-refractivity contribution in [2.75, 3.05) is 11.9 Å². The number of hydrogen-bond acceptors (Lipinski definition) is 8. The van der Waals surface area contributed by atoms with E-state index in [-0.39, 0.29) is 24.3 Å². The van der Waals surface area contributed by atoms with E-state index in [4.69, 9.17) is 16.0 Å². The quantitative estimate of drug-likeness (QED) is 0.121. The first-order chi connectivity index (χ1) is 19.5. The van der Waals surface area contributed by atoms with Crippen LogP contribution in [0.2, 0.25) is 21.8 Å². The first-order valence-corrected chi connectivity index (χ1v) is 18.0. The lowest BCUT2D eigenvalue weighted by molar-refractivity contribution is 0.104. The molecule has 1 saturated carbocycles. The van der Waals surface area contributed by atoms with Gasteiger partial charge in [-0.15, -0.1) is 11.3 Å². The number of carbonyl (C=O) groups excluding carboxylic acids is 1. The van der Waals surface area contributed by atoms with Gasteiger partial charge in [0.05, 0.1) is 16.1 Å². The van der Waals surface area contributed by atoms with E-state index in [1.54, 1.807) is 12.3 Å². The van der Waals surface area contributed by atoms with Gasteiger partial charge in [0.1, 0.15) is 23.4 Å². The Hall–Kier alpha value is -2.17. The van der Waals surface area contributed by atoms with Gasteiger partial charge in [-0.25, -0.2) is 15.0 Å². The number of halogens is 1. The largest absolute Gasteiger partial charge is 0.403 e. The number of aromatic nitrogens is 3. The number of ketones is 1. The molecule has 3 aromatic rings. The van der Waals surface area contributed by atoms with Crippen LogP contribution in [0.25, 0.3) is 0 Å². The number of aliphatic hydroxyl groups excluding tert-OH is 1. The third-order valence-electron chi connectivity index (χ3n) is 8.76. The van der Waals surface area contributed by atoms with Crippen LogP contribution in [-0.2, 0) is 4.43 Å².